The summed E-state index contributed by atoms with van der Waals surface area (Å²) in [5, 5.41) is 2.70. The Balaban J connectivity index is 1.82. The van der Waals surface area contributed by atoms with E-state index in [9.17, 15) is 0 Å². The lowest BCUT2D eigenvalue weighted by atomic mass is 9.97. The molecule has 0 saturated heterocycles. The first kappa shape index (κ1) is 10.4. The third kappa shape index (κ3) is 1.26. The van der Waals surface area contributed by atoms with Gasteiger partial charge in [-0.3, -0.25) is 0 Å². The molecule has 3 aromatic rings. The van der Waals surface area contributed by atoms with Crippen LogP contribution in [0.15, 0.2) is 54.6 Å². The molecule has 20 heavy (non-hydrogen) atoms. The summed E-state index contributed by atoms with van der Waals surface area (Å²) >= 11 is 0. The van der Waals surface area contributed by atoms with Gasteiger partial charge in [-0.1, -0.05) is 54.6 Å². The Morgan fingerprint density at radius 3 is 2.50 bits per heavy atom. The summed E-state index contributed by atoms with van der Waals surface area (Å²) < 4.78 is 0. The van der Waals surface area contributed by atoms with E-state index >= 15 is 0 Å². The SMILES string of the molecule is C1=Cc2ccc3c(c2C1)Cc1cc2ccccc2cc1-3. The van der Waals surface area contributed by atoms with Gasteiger partial charge in [0.2, 0.25) is 0 Å². The molecular weight excluding hydrogens is 240 g/mol. The Hall–Kier alpha value is -2.34. The maximum atomic E-state index is 2.37. The molecule has 2 aliphatic carbocycles. The van der Waals surface area contributed by atoms with Gasteiger partial charge in [-0.15, -0.1) is 0 Å². The van der Waals surface area contributed by atoms with Crippen LogP contribution in [0.1, 0.15) is 22.3 Å². The van der Waals surface area contributed by atoms with E-state index in [0.717, 1.165) is 12.8 Å². The molecule has 0 unspecified atom stereocenters. The summed E-state index contributed by atoms with van der Waals surface area (Å²) in [6, 6.07) is 18.0. The van der Waals surface area contributed by atoms with E-state index in [4.69, 9.17) is 0 Å². The number of allylic oxidation sites excluding steroid dienone is 1. The number of benzene rings is 3. The zero-order chi connectivity index (χ0) is 13.1. The van der Waals surface area contributed by atoms with Crippen LogP contribution in [0.4, 0.5) is 0 Å². The summed E-state index contributed by atoms with van der Waals surface area (Å²) in [5.74, 6) is 0. The van der Waals surface area contributed by atoms with Crippen LogP contribution < -0.4 is 0 Å². The van der Waals surface area contributed by atoms with E-state index in [1.165, 1.54) is 33.0 Å². The van der Waals surface area contributed by atoms with Gasteiger partial charge in [-0.2, -0.15) is 0 Å². The van der Waals surface area contributed by atoms with Gasteiger partial charge in [0, 0.05) is 0 Å². The first-order valence-corrected chi connectivity index (χ1v) is 7.23. The van der Waals surface area contributed by atoms with E-state index < -0.39 is 0 Å². The lowest BCUT2D eigenvalue weighted by molar-refractivity contribution is 1.17. The van der Waals surface area contributed by atoms with Gasteiger partial charge in [0.15, 0.2) is 0 Å². The van der Waals surface area contributed by atoms with E-state index in [-0.39, 0.29) is 0 Å². The molecule has 3 aromatic carbocycles. The highest BCUT2D eigenvalue weighted by Crippen LogP contribution is 2.42. The minimum absolute atomic E-state index is 1.10. The average Bonchev–Trinajstić information content (AvgIpc) is 3.08. The van der Waals surface area contributed by atoms with Crippen molar-refractivity contribution in [2.75, 3.05) is 0 Å². The zero-order valence-corrected chi connectivity index (χ0v) is 11.2. The summed E-state index contributed by atoms with van der Waals surface area (Å²) in [4.78, 5) is 0. The van der Waals surface area contributed by atoms with E-state index in [1.54, 1.807) is 11.1 Å². The molecule has 0 N–H and O–H groups in total. The average molecular weight is 254 g/mol. The van der Waals surface area contributed by atoms with Crippen LogP contribution in [0.5, 0.6) is 0 Å². The van der Waals surface area contributed by atoms with E-state index in [0.29, 0.717) is 0 Å². The van der Waals surface area contributed by atoms with Gasteiger partial charge < -0.3 is 0 Å². The number of rotatable bonds is 0. The summed E-state index contributed by atoms with van der Waals surface area (Å²) in [6.07, 6.45) is 6.74. The Bertz CT molecular complexity index is 897. The van der Waals surface area contributed by atoms with Crippen molar-refractivity contribution in [3.05, 3.63) is 76.9 Å². The highest BCUT2D eigenvalue weighted by atomic mass is 14.3. The second kappa shape index (κ2) is 3.61. The highest BCUT2D eigenvalue weighted by Gasteiger charge is 2.23. The van der Waals surface area contributed by atoms with Gasteiger partial charge in [-0.25, -0.2) is 0 Å². The minimum Gasteiger partial charge on any atom is -0.0795 e. The van der Waals surface area contributed by atoms with Gasteiger partial charge in [-0.05, 0) is 63.1 Å². The van der Waals surface area contributed by atoms with Crippen molar-refractivity contribution in [1.82, 2.24) is 0 Å². The quantitative estimate of drug-likeness (QED) is 0.415. The molecule has 0 heteroatoms. The Morgan fingerprint density at radius 1 is 0.750 bits per heavy atom. The topological polar surface area (TPSA) is 0 Å². The fraction of sp³-hybridized carbons (Fsp3) is 0.100. The predicted octanol–water partition coefficient (Wildman–Crippen LogP) is 4.98. The molecule has 5 rings (SSSR count). The maximum Gasteiger partial charge on any atom is -0.00102 e. The fourth-order valence-electron chi connectivity index (χ4n) is 3.74. The number of hydrogen-bond acceptors (Lipinski definition) is 0. The number of fused-ring (bicyclic) bond motifs is 6. The van der Waals surface area contributed by atoms with Crippen molar-refractivity contribution in [2.24, 2.45) is 0 Å². The Labute approximate surface area is 118 Å². The monoisotopic (exact) mass is 254 g/mol. The molecule has 0 heterocycles. The highest BCUT2D eigenvalue weighted by molar-refractivity contribution is 5.92. The Kier molecular flexibility index (Phi) is 1.88. The van der Waals surface area contributed by atoms with Gasteiger partial charge in [0.25, 0.3) is 0 Å². The Morgan fingerprint density at radius 2 is 1.60 bits per heavy atom. The molecule has 2 aliphatic rings. The second-order valence-electron chi connectivity index (χ2n) is 5.80. The van der Waals surface area contributed by atoms with Crippen molar-refractivity contribution < 1.29 is 0 Å². The summed E-state index contributed by atoms with van der Waals surface area (Å²) in [6.45, 7) is 0. The molecule has 0 nitrogen and oxygen atoms in total. The van der Waals surface area contributed by atoms with Crippen molar-refractivity contribution in [3.63, 3.8) is 0 Å². The molecule has 0 atom stereocenters. The van der Waals surface area contributed by atoms with Crippen LogP contribution in [0.25, 0.3) is 28.0 Å². The van der Waals surface area contributed by atoms with Gasteiger partial charge in [0.05, 0.1) is 0 Å². The number of hydrogen-bond donors (Lipinski definition) is 0. The maximum absolute atomic E-state index is 2.37. The molecule has 0 bridgehead atoms. The standard InChI is InChI=1S/C20H14/c1-2-5-15-11-19-16(10-14(15)4-1)12-20-17-7-3-6-13(17)8-9-18(19)20/h1-6,8-11H,7,12H2. The van der Waals surface area contributed by atoms with Crippen LogP contribution in [0.2, 0.25) is 0 Å². The molecule has 0 aliphatic heterocycles. The van der Waals surface area contributed by atoms with Gasteiger partial charge >= 0.3 is 0 Å². The molecule has 0 aromatic heterocycles. The summed E-state index contributed by atoms with van der Waals surface area (Å²) in [5.41, 5.74) is 8.89. The van der Waals surface area contributed by atoms with E-state index in [1.807, 2.05) is 0 Å². The molecule has 0 radical (unpaired) electrons. The third-order valence-electron chi connectivity index (χ3n) is 4.72. The first-order valence-electron chi connectivity index (χ1n) is 7.23. The smallest absolute Gasteiger partial charge is 0.00102 e. The normalized spacial score (nSPS) is 14.4. The molecule has 0 amide bonds. The van der Waals surface area contributed by atoms with Crippen molar-refractivity contribution in [3.8, 4) is 11.1 Å². The minimum atomic E-state index is 1.10. The fourth-order valence-corrected chi connectivity index (χ4v) is 3.74. The lowest BCUT2D eigenvalue weighted by Gasteiger charge is -2.07. The van der Waals surface area contributed by atoms with Crippen LogP contribution in [-0.4, -0.2) is 0 Å². The van der Waals surface area contributed by atoms with Crippen LogP contribution >= 0.6 is 0 Å². The molecular formula is C20H14. The van der Waals surface area contributed by atoms with E-state index in [2.05, 4.69) is 60.7 Å². The van der Waals surface area contributed by atoms with Crippen LogP contribution in [0.3, 0.4) is 0 Å². The largest absolute Gasteiger partial charge is 0.0795 e. The predicted molar refractivity (Wildman–Crippen MR) is 84.9 cm³/mol. The molecule has 94 valence electrons. The van der Waals surface area contributed by atoms with Crippen LogP contribution in [0, 0.1) is 0 Å². The van der Waals surface area contributed by atoms with Gasteiger partial charge in [0.1, 0.15) is 0 Å². The first-order chi connectivity index (χ1) is 9.90. The molecule has 0 fully saturated rings. The van der Waals surface area contributed by atoms with Crippen molar-refractivity contribution in [2.45, 2.75) is 12.8 Å². The zero-order valence-electron chi connectivity index (χ0n) is 11.2. The lowest BCUT2D eigenvalue weighted by Crippen LogP contribution is -1.91. The third-order valence-corrected chi connectivity index (χ3v) is 4.72. The summed E-state index contributed by atoms with van der Waals surface area (Å²) in [7, 11) is 0. The second-order valence-corrected chi connectivity index (χ2v) is 5.80. The van der Waals surface area contributed by atoms with Crippen molar-refractivity contribution >= 4 is 16.8 Å². The van der Waals surface area contributed by atoms with Crippen LogP contribution in [-0.2, 0) is 12.8 Å². The molecule has 0 saturated carbocycles. The molecule has 0 spiro atoms. The van der Waals surface area contributed by atoms with Crippen molar-refractivity contribution in [1.29, 1.82) is 0 Å².